The van der Waals surface area contributed by atoms with Crippen molar-refractivity contribution in [2.75, 3.05) is 0 Å². The SMILES string of the molecule is CC[C@H]1C=CCCCC[C@@H]1O. The highest BCUT2D eigenvalue weighted by atomic mass is 16.3. The number of hydrogen-bond acceptors (Lipinski definition) is 1. The number of rotatable bonds is 1. The summed E-state index contributed by atoms with van der Waals surface area (Å²) in [5.41, 5.74) is 0. The van der Waals surface area contributed by atoms with Crippen molar-refractivity contribution in [2.24, 2.45) is 5.92 Å². The highest BCUT2D eigenvalue weighted by Crippen LogP contribution is 2.19. The van der Waals surface area contributed by atoms with Gasteiger partial charge in [-0.2, -0.15) is 0 Å². The van der Waals surface area contributed by atoms with Crippen LogP contribution in [0.5, 0.6) is 0 Å². The van der Waals surface area contributed by atoms with Gasteiger partial charge in [-0.05, 0) is 25.7 Å². The molecule has 1 N–H and O–H groups in total. The largest absolute Gasteiger partial charge is 0.393 e. The van der Waals surface area contributed by atoms with Crippen molar-refractivity contribution in [3.05, 3.63) is 12.2 Å². The first kappa shape index (κ1) is 8.79. The molecule has 0 heterocycles. The van der Waals surface area contributed by atoms with Gasteiger partial charge in [-0.15, -0.1) is 0 Å². The summed E-state index contributed by atoms with van der Waals surface area (Å²) in [6.45, 7) is 2.14. The fraction of sp³-hybridized carbons (Fsp3) is 0.800. The van der Waals surface area contributed by atoms with Crippen molar-refractivity contribution in [1.29, 1.82) is 0 Å². The molecular formula is C10H18O. The fourth-order valence-electron chi connectivity index (χ4n) is 1.64. The van der Waals surface area contributed by atoms with Crippen LogP contribution in [0.25, 0.3) is 0 Å². The highest BCUT2D eigenvalue weighted by Gasteiger charge is 2.14. The second-order valence-electron chi connectivity index (χ2n) is 3.35. The second-order valence-corrected chi connectivity index (χ2v) is 3.35. The average Bonchev–Trinajstić information content (AvgIpc) is 1.98. The van der Waals surface area contributed by atoms with Gasteiger partial charge < -0.3 is 5.11 Å². The minimum Gasteiger partial charge on any atom is -0.393 e. The Bertz CT molecular complexity index is 129. The summed E-state index contributed by atoms with van der Waals surface area (Å²) in [4.78, 5) is 0. The third-order valence-corrected chi connectivity index (χ3v) is 2.47. The Balaban J connectivity index is 2.48. The van der Waals surface area contributed by atoms with Gasteiger partial charge in [0.25, 0.3) is 0 Å². The minimum atomic E-state index is -0.0865. The van der Waals surface area contributed by atoms with E-state index in [0.717, 1.165) is 12.8 Å². The van der Waals surface area contributed by atoms with Crippen molar-refractivity contribution in [1.82, 2.24) is 0 Å². The van der Waals surface area contributed by atoms with Gasteiger partial charge in [0, 0.05) is 5.92 Å². The third kappa shape index (κ3) is 2.66. The summed E-state index contributed by atoms with van der Waals surface area (Å²) in [6.07, 6.45) is 9.99. The Morgan fingerprint density at radius 2 is 2.27 bits per heavy atom. The molecule has 0 amide bonds. The van der Waals surface area contributed by atoms with Crippen LogP contribution >= 0.6 is 0 Å². The zero-order chi connectivity index (χ0) is 8.10. The Labute approximate surface area is 69.1 Å². The summed E-state index contributed by atoms with van der Waals surface area (Å²) in [6, 6.07) is 0. The first-order valence-electron chi connectivity index (χ1n) is 4.69. The molecule has 0 unspecified atom stereocenters. The van der Waals surface area contributed by atoms with Gasteiger partial charge in [0.2, 0.25) is 0 Å². The van der Waals surface area contributed by atoms with Crippen LogP contribution in [0.4, 0.5) is 0 Å². The van der Waals surface area contributed by atoms with Gasteiger partial charge in [-0.3, -0.25) is 0 Å². The predicted molar refractivity (Wildman–Crippen MR) is 47.4 cm³/mol. The molecule has 2 atom stereocenters. The molecule has 1 heteroatoms. The van der Waals surface area contributed by atoms with E-state index in [9.17, 15) is 5.11 Å². The molecule has 0 fully saturated rings. The van der Waals surface area contributed by atoms with Crippen LogP contribution in [0, 0.1) is 5.92 Å². The Morgan fingerprint density at radius 1 is 1.45 bits per heavy atom. The summed E-state index contributed by atoms with van der Waals surface area (Å²) in [7, 11) is 0. The predicted octanol–water partition coefficient (Wildman–Crippen LogP) is 2.50. The lowest BCUT2D eigenvalue weighted by atomic mass is 9.92. The summed E-state index contributed by atoms with van der Waals surface area (Å²) < 4.78 is 0. The quantitative estimate of drug-likeness (QED) is 0.575. The summed E-state index contributed by atoms with van der Waals surface area (Å²) in [5.74, 6) is 0.412. The zero-order valence-corrected chi connectivity index (χ0v) is 7.29. The number of aliphatic hydroxyl groups is 1. The van der Waals surface area contributed by atoms with E-state index >= 15 is 0 Å². The number of aliphatic hydroxyl groups excluding tert-OH is 1. The maximum absolute atomic E-state index is 9.62. The lowest BCUT2D eigenvalue weighted by Crippen LogP contribution is -2.18. The van der Waals surface area contributed by atoms with E-state index < -0.39 is 0 Å². The first-order chi connectivity index (χ1) is 5.34. The van der Waals surface area contributed by atoms with E-state index in [-0.39, 0.29) is 6.10 Å². The average molecular weight is 154 g/mol. The van der Waals surface area contributed by atoms with Crippen molar-refractivity contribution in [3.63, 3.8) is 0 Å². The van der Waals surface area contributed by atoms with Crippen LogP contribution in [0.2, 0.25) is 0 Å². The van der Waals surface area contributed by atoms with Gasteiger partial charge in [0.1, 0.15) is 0 Å². The van der Waals surface area contributed by atoms with Crippen molar-refractivity contribution < 1.29 is 5.11 Å². The van der Waals surface area contributed by atoms with Gasteiger partial charge >= 0.3 is 0 Å². The van der Waals surface area contributed by atoms with E-state index in [1.54, 1.807) is 0 Å². The summed E-state index contributed by atoms with van der Waals surface area (Å²) in [5, 5.41) is 9.62. The minimum absolute atomic E-state index is 0.0865. The maximum atomic E-state index is 9.62. The lowest BCUT2D eigenvalue weighted by molar-refractivity contribution is 0.114. The normalized spacial score (nSPS) is 32.9. The highest BCUT2D eigenvalue weighted by molar-refractivity contribution is 4.92. The first-order valence-corrected chi connectivity index (χ1v) is 4.69. The molecule has 1 rings (SSSR count). The van der Waals surface area contributed by atoms with Gasteiger partial charge in [0.15, 0.2) is 0 Å². The molecule has 0 bridgehead atoms. The molecule has 0 saturated heterocycles. The Morgan fingerprint density at radius 3 is 3.00 bits per heavy atom. The van der Waals surface area contributed by atoms with E-state index in [2.05, 4.69) is 19.1 Å². The zero-order valence-electron chi connectivity index (χ0n) is 7.29. The summed E-state index contributed by atoms with van der Waals surface area (Å²) >= 11 is 0. The smallest absolute Gasteiger partial charge is 0.0602 e. The molecular weight excluding hydrogens is 136 g/mol. The second kappa shape index (κ2) is 4.55. The van der Waals surface area contributed by atoms with Crippen LogP contribution < -0.4 is 0 Å². The van der Waals surface area contributed by atoms with Crippen molar-refractivity contribution in [2.45, 2.75) is 45.1 Å². The molecule has 0 spiro atoms. The molecule has 0 saturated carbocycles. The molecule has 0 aromatic carbocycles. The molecule has 1 aliphatic rings. The molecule has 0 aromatic heterocycles. The Hall–Kier alpha value is -0.300. The van der Waals surface area contributed by atoms with E-state index in [4.69, 9.17) is 0 Å². The standard InChI is InChI=1S/C10H18O/c1-2-9-7-5-3-4-6-8-10(9)11/h5,7,9-11H,2-4,6,8H2,1H3/t9-,10-/m0/s1. The lowest BCUT2D eigenvalue weighted by Gasteiger charge is -2.19. The van der Waals surface area contributed by atoms with E-state index in [0.29, 0.717) is 5.92 Å². The maximum Gasteiger partial charge on any atom is 0.0602 e. The van der Waals surface area contributed by atoms with Crippen molar-refractivity contribution in [3.8, 4) is 0 Å². The topological polar surface area (TPSA) is 20.2 Å². The number of hydrogen-bond donors (Lipinski definition) is 1. The third-order valence-electron chi connectivity index (χ3n) is 2.47. The van der Waals surface area contributed by atoms with E-state index in [1.165, 1.54) is 19.3 Å². The Kier molecular flexibility index (Phi) is 3.64. The van der Waals surface area contributed by atoms with Gasteiger partial charge in [-0.25, -0.2) is 0 Å². The monoisotopic (exact) mass is 154 g/mol. The molecule has 1 aliphatic carbocycles. The molecule has 1 nitrogen and oxygen atoms in total. The molecule has 64 valence electrons. The molecule has 0 aliphatic heterocycles. The van der Waals surface area contributed by atoms with Crippen LogP contribution in [-0.2, 0) is 0 Å². The van der Waals surface area contributed by atoms with Crippen molar-refractivity contribution >= 4 is 0 Å². The molecule has 0 radical (unpaired) electrons. The number of allylic oxidation sites excluding steroid dienone is 1. The van der Waals surface area contributed by atoms with Gasteiger partial charge in [0.05, 0.1) is 6.10 Å². The fourth-order valence-corrected chi connectivity index (χ4v) is 1.64. The van der Waals surface area contributed by atoms with Crippen LogP contribution in [0.15, 0.2) is 12.2 Å². The molecule has 0 aromatic rings. The van der Waals surface area contributed by atoms with E-state index in [1.807, 2.05) is 0 Å². The van der Waals surface area contributed by atoms with Crippen LogP contribution in [-0.4, -0.2) is 11.2 Å². The molecule has 11 heavy (non-hydrogen) atoms. The van der Waals surface area contributed by atoms with Crippen LogP contribution in [0.1, 0.15) is 39.0 Å². The van der Waals surface area contributed by atoms with Crippen LogP contribution in [0.3, 0.4) is 0 Å². The van der Waals surface area contributed by atoms with Gasteiger partial charge in [-0.1, -0.05) is 25.5 Å².